The fourth-order valence-corrected chi connectivity index (χ4v) is 1.65. The van der Waals surface area contributed by atoms with Crippen LogP contribution < -0.4 is 15.4 Å². The molecule has 0 bridgehead atoms. The SMILES string of the molecule is CCCCCOc1ccc(C(=O)NCCNC)cc1.Cl. The van der Waals surface area contributed by atoms with Crippen LogP contribution >= 0.6 is 12.4 Å². The standard InChI is InChI=1S/C15H24N2O2.ClH/c1-3-4-5-12-19-14-8-6-13(7-9-14)15(18)17-11-10-16-2;/h6-9,16H,3-5,10-12H2,1-2H3,(H,17,18);1H. The highest BCUT2D eigenvalue weighted by molar-refractivity contribution is 5.94. The van der Waals surface area contributed by atoms with Crippen molar-refractivity contribution in [3.05, 3.63) is 29.8 Å². The van der Waals surface area contributed by atoms with E-state index in [2.05, 4.69) is 17.6 Å². The van der Waals surface area contributed by atoms with Crippen LogP contribution in [0.25, 0.3) is 0 Å². The second-order valence-electron chi connectivity index (χ2n) is 4.44. The largest absolute Gasteiger partial charge is 0.494 e. The molecule has 1 aromatic rings. The first-order chi connectivity index (χ1) is 9.27. The van der Waals surface area contributed by atoms with Crippen LogP contribution in [0.2, 0.25) is 0 Å². The maximum Gasteiger partial charge on any atom is 0.251 e. The molecule has 5 heteroatoms. The fourth-order valence-electron chi connectivity index (χ4n) is 1.65. The zero-order chi connectivity index (χ0) is 13.9. The number of rotatable bonds is 9. The molecule has 4 nitrogen and oxygen atoms in total. The Hall–Kier alpha value is -1.26. The molecular formula is C15H25ClN2O2. The third-order valence-electron chi connectivity index (χ3n) is 2.79. The molecule has 0 heterocycles. The molecule has 0 aliphatic carbocycles. The molecule has 114 valence electrons. The first kappa shape index (κ1) is 18.7. The molecule has 0 radical (unpaired) electrons. The van der Waals surface area contributed by atoms with E-state index in [0.717, 1.165) is 25.3 Å². The van der Waals surface area contributed by atoms with E-state index in [-0.39, 0.29) is 18.3 Å². The van der Waals surface area contributed by atoms with Gasteiger partial charge in [-0.15, -0.1) is 12.4 Å². The summed E-state index contributed by atoms with van der Waals surface area (Å²) in [6.45, 7) is 4.30. The number of halogens is 1. The van der Waals surface area contributed by atoms with Gasteiger partial charge in [0.25, 0.3) is 5.91 Å². The van der Waals surface area contributed by atoms with Crippen LogP contribution in [0.4, 0.5) is 0 Å². The first-order valence-corrected chi connectivity index (χ1v) is 6.93. The fraction of sp³-hybridized carbons (Fsp3) is 0.533. The lowest BCUT2D eigenvalue weighted by atomic mass is 10.2. The van der Waals surface area contributed by atoms with Gasteiger partial charge in [0.05, 0.1) is 6.61 Å². The maximum atomic E-state index is 11.8. The Morgan fingerprint density at radius 3 is 2.45 bits per heavy atom. The van der Waals surface area contributed by atoms with Gasteiger partial charge in [0.2, 0.25) is 0 Å². The van der Waals surface area contributed by atoms with Gasteiger partial charge in [0, 0.05) is 18.7 Å². The second-order valence-corrected chi connectivity index (χ2v) is 4.44. The maximum absolute atomic E-state index is 11.8. The van der Waals surface area contributed by atoms with Gasteiger partial charge in [0.1, 0.15) is 5.75 Å². The minimum atomic E-state index is -0.0483. The Balaban J connectivity index is 0.00000361. The minimum Gasteiger partial charge on any atom is -0.494 e. The average molecular weight is 301 g/mol. The van der Waals surface area contributed by atoms with Crippen LogP contribution in [0.5, 0.6) is 5.75 Å². The zero-order valence-electron chi connectivity index (χ0n) is 12.3. The third-order valence-corrected chi connectivity index (χ3v) is 2.79. The molecule has 0 saturated heterocycles. The Bertz CT molecular complexity index is 369. The summed E-state index contributed by atoms with van der Waals surface area (Å²) < 4.78 is 5.60. The van der Waals surface area contributed by atoms with Crippen LogP contribution in [-0.4, -0.2) is 32.7 Å². The van der Waals surface area contributed by atoms with Crippen molar-refractivity contribution in [2.75, 3.05) is 26.7 Å². The number of benzene rings is 1. The smallest absolute Gasteiger partial charge is 0.251 e. The topological polar surface area (TPSA) is 50.4 Å². The lowest BCUT2D eigenvalue weighted by Gasteiger charge is -2.07. The first-order valence-electron chi connectivity index (χ1n) is 6.93. The minimum absolute atomic E-state index is 0. The van der Waals surface area contributed by atoms with E-state index in [1.807, 2.05) is 19.2 Å². The van der Waals surface area contributed by atoms with Crippen molar-refractivity contribution in [3.63, 3.8) is 0 Å². The number of ether oxygens (including phenoxy) is 1. The lowest BCUT2D eigenvalue weighted by molar-refractivity contribution is 0.0954. The Kier molecular flexibility index (Phi) is 10.8. The normalized spacial score (nSPS) is 9.70. The summed E-state index contributed by atoms with van der Waals surface area (Å²) in [7, 11) is 1.86. The highest BCUT2D eigenvalue weighted by Crippen LogP contribution is 2.12. The van der Waals surface area contributed by atoms with Gasteiger partial charge in [-0.1, -0.05) is 19.8 Å². The number of carbonyl (C=O) groups is 1. The second kappa shape index (κ2) is 11.6. The predicted molar refractivity (Wildman–Crippen MR) is 85.0 cm³/mol. The lowest BCUT2D eigenvalue weighted by Crippen LogP contribution is -2.30. The molecule has 0 fully saturated rings. The molecule has 1 amide bonds. The highest BCUT2D eigenvalue weighted by Gasteiger charge is 2.04. The molecule has 0 spiro atoms. The number of carbonyl (C=O) groups excluding carboxylic acids is 1. The van der Waals surface area contributed by atoms with E-state index in [1.165, 1.54) is 12.8 Å². The van der Waals surface area contributed by atoms with E-state index in [0.29, 0.717) is 12.1 Å². The summed E-state index contributed by atoms with van der Waals surface area (Å²) in [5, 5.41) is 5.82. The number of nitrogens with one attached hydrogen (secondary N) is 2. The number of hydrogen-bond acceptors (Lipinski definition) is 3. The van der Waals surface area contributed by atoms with Gasteiger partial charge < -0.3 is 15.4 Å². The molecule has 2 N–H and O–H groups in total. The zero-order valence-corrected chi connectivity index (χ0v) is 13.1. The Morgan fingerprint density at radius 1 is 1.15 bits per heavy atom. The monoisotopic (exact) mass is 300 g/mol. The van der Waals surface area contributed by atoms with Crippen molar-refractivity contribution >= 4 is 18.3 Å². The summed E-state index contributed by atoms with van der Waals surface area (Å²) in [5.74, 6) is 0.774. The van der Waals surface area contributed by atoms with Crippen molar-refractivity contribution in [2.45, 2.75) is 26.2 Å². The molecule has 20 heavy (non-hydrogen) atoms. The van der Waals surface area contributed by atoms with Gasteiger partial charge in [-0.3, -0.25) is 4.79 Å². The van der Waals surface area contributed by atoms with Gasteiger partial charge in [-0.05, 0) is 37.7 Å². The number of amides is 1. The van der Waals surface area contributed by atoms with Gasteiger partial charge in [-0.2, -0.15) is 0 Å². The third kappa shape index (κ3) is 7.36. The van der Waals surface area contributed by atoms with Crippen LogP contribution in [0.15, 0.2) is 24.3 Å². The molecule has 0 unspecified atom stereocenters. The molecular weight excluding hydrogens is 276 g/mol. The van der Waals surface area contributed by atoms with Crippen LogP contribution in [-0.2, 0) is 0 Å². The molecule has 0 saturated carbocycles. The predicted octanol–water partition coefficient (Wildman–Crippen LogP) is 2.63. The van der Waals surface area contributed by atoms with E-state index < -0.39 is 0 Å². The number of unbranched alkanes of at least 4 members (excludes halogenated alkanes) is 2. The molecule has 0 aromatic heterocycles. The van der Waals surface area contributed by atoms with Crippen molar-refractivity contribution in [3.8, 4) is 5.75 Å². The summed E-state index contributed by atoms with van der Waals surface area (Å²) in [5.41, 5.74) is 0.664. The van der Waals surface area contributed by atoms with E-state index in [9.17, 15) is 4.79 Å². The molecule has 1 aromatic carbocycles. The molecule has 0 aliphatic heterocycles. The van der Waals surface area contributed by atoms with Crippen molar-refractivity contribution in [1.82, 2.24) is 10.6 Å². The highest BCUT2D eigenvalue weighted by atomic mass is 35.5. The molecule has 1 rings (SSSR count). The molecule has 0 aliphatic rings. The average Bonchev–Trinajstić information content (AvgIpc) is 2.44. The van der Waals surface area contributed by atoms with Gasteiger partial charge in [0.15, 0.2) is 0 Å². The summed E-state index contributed by atoms with van der Waals surface area (Å²) in [4.78, 5) is 11.8. The van der Waals surface area contributed by atoms with Gasteiger partial charge >= 0.3 is 0 Å². The van der Waals surface area contributed by atoms with Crippen LogP contribution in [0.3, 0.4) is 0 Å². The Labute approximate surface area is 127 Å². The van der Waals surface area contributed by atoms with E-state index in [4.69, 9.17) is 4.74 Å². The van der Waals surface area contributed by atoms with Crippen molar-refractivity contribution in [1.29, 1.82) is 0 Å². The Morgan fingerprint density at radius 2 is 1.85 bits per heavy atom. The number of hydrogen-bond donors (Lipinski definition) is 2. The number of likely N-dealkylation sites (N-methyl/N-ethyl adjacent to an activating group) is 1. The molecule has 0 atom stereocenters. The quantitative estimate of drug-likeness (QED) is 0.689. The van der Waals surface area contributed by atoms with Crippen molar-refractivity contribution in [2.24, 2.45) is 0 Å². The summed E-state index contributed by atoms with van der Waals surface area (Å²) in [6.07, 6.45) is 3.45. The van der Waals surface area contributed by atoms with Crippen LogP contribution in [0.1, 0.15) is 36.5 Å². The van der Waals surface area contributed by atoms with Crippen molar-refractivity contribution < 1.29 is 9.53 Å². The summed E-state index contributed by atoms with van der Waals surface area (Å²) in [6, 6.07) is 7.28. The summed E-state index contributed by atoms with van der Waals surface area (Å²) >= 11 is 0. The van der Waals surface area contributed by atoms with Gasteiger partial charge in [-0.25, -0.2) is 0 Å². The van der Waals surface area contributed by atoms with E-state index in [1.54, 1.807) is 12.1 Å². The van der Waals surface area contributed by atoms with Crippen LogP contribution in [0, 0.1) is 0 Å². The van der Waals surface area contributed by atoms with E-state index >= 15 is 0 Å².